The largest absolute Gasteiger partial charge is 0.469 e. The Hall–Kier alpha value is -2.88. The highest BCUT2D eigenvalue weighted by Crippen LogP contribution is 2.47. The van der Waals surface area contributed by atoms with Crippen LogP contribution in [0.15, 0.2) is 54.6 Å². The van der Waals surface area contributed by atoms with Gasteiger partial charge in [-0.3, -0.25) is 4.79 Å². The minimum Gasteiger partial charge on any atom is -0.469 e. The molecule has 1 saturated carbocycles. The van der Waals surface area contributed by atoms with E-state index >= 15 is 0 Å². The molecule has 0 aromatic heterocycles. The Kier molecular flexibility index (Phi) is 7.35. The summed E-state index contributed by atoms with van der Waals surface area (Å²) < 4.78 is 9.18. The maximum absolute atomic E-state index is 11.2. The number of hydrogen-bond donors (Lipinski definition) is 0. The fourth-order valence-electron chi connectivity index (χ4n) is 2.70. The van der Waals surface area contributed by atoms with E-state index in [-0.39, 0.29) is 17.9 Å². The van der Waals surface area contributed by atoms with Crippen LogP contribution in [0.1, 0.15) is 34.6 Å². The van der Waals surface area contributed by atoms with Crippen molar-refractivity contribution in [3.8, 4) is 0 Å². The second-order valence-corrected chi connectivity index (χ2v) is 6.65. The molecule has 27 heavy (non-hydrogen) atoms. The van der Waals surface area contributed by atoms with Crippen molar-refractivity contribution in [2.75, 3.05) is 14.2 Å². The van der Waals surface area contributed by atoms with Gasteiger partial charge in [0.15, 0.2) is 0 Å². The van der Waals surface area contributed by atoms with Crippen LogP contribution in [0.5, 0.6) is 0 Å². The zero-order valence-electron chi connectivity index (χ0n) is 16.3. The third-order valence-electron chi connectivity index (χ3n) is 4.49. The molecular weight excluding hydrogens is 340 g/mol. The van der Waals surface area contributed by atoms with Crippen LogP contribution in [-0.4, -0.2) is 26.2 Å². The average Bonchev–Trinajstić information content (AvgIpc) is 3.48. The van der Waals surface area contributed by atoms with E-state index in [1.165, 1.54) is 37.0 Å². The molecule has 142 valence electrons. The third kappa shape index (κ3) is 6.41. The summed E-state index contributed by atoms with van der Waals surface area (Å²) in [5.41, 5.74) is 4.71. The first-order valence-electron chi connectivity index (χ1n) is 8.91. The van der Waals surface area contributed by atoms with Crippen LogP contribution in [0.2, 0.25) is 0 Å². The zero-order valence-corrected chi connectivity index (χ0v) is 16.3. The molecule has 2 unspecified atom stereocenters. The van der Waals surface area contributed by atoms with E-state index in [1.54, 1.807) is 6.08 Å². The Labute approximate surface area is 160 Å². The van der Waals surface area contributed by atoms with Gasteiger partial charge >= 0.3 is 11.9 Å². The molecule has 0 bridgehead atoms. The lowest BCUT2D eigenvalue weighted by atomic mass is 10.1. The topological polar surface area (TPSA) is 52.6 Å². The highest BCUT2D eigenvalue weighted by Gasteiger charge is 2.44. The Bertz CT molecular complexity index is 788. The molecule has 0 saturated heterocycles. The molecule has 2 atom stereocenters. The van der Waals surface area contributed by atoms with Gasteiger partial charge in [0.25, 0.3) is 0 Å². The van der Waals surface area contributed by atoms with Gasteiger partial charge in [-0.2, -0.15) is 0 Å². The first-order valence-corrected chi connectivity index (χ1v) is 8.91. The predicted octanol–water partition coefficient (Wildman–Crippen LogP) is 4.45. The van der Waals surface area contributed by atoms with Crippen molar-refractivity contribution < 1.29 is 19.1 Å². The van der Waals surface area contributed by atoms with Crippen molar-refractivity contribution in [2.45, 2.75) is 26.2 Å². The summed E-state index contributed by atoms with van der Waals surface area (Å²) >= 11 is 0. The van der Waals surface area contributed by atoms with Crippen LogP contribution >= 0.6 is 0 Å². The summed E-state index contributed by atoms with van der Waals surface area (Å²) in [6.45, 7) is 4.09. The fourth-order valence-corrected chi connectivity index (χ4v) is 2.70. The summed E-state index contributed by atoms with van der Waals surface area (Å²) in [5, 5.41) is 0. The normalized spacial score (nSPS) is 17.6. The smallest absolute Gasteiger partial charge is 0.330 e. The molecular formula is C23H26O4. The fraction of sp³-hybridized carbons (Fsp3) is 0.304. The molecule has 0 amide bonds. The number of aryl methyl sites for hydroxylation is 2. The lowest BCUT2D eigenvalue weighted by molar-refractivity contribution is -0.142. The maximum atomic E-state index is 11.2. The zero-order chi connectivity index (χ0) is 19.8. The molecule has 0 radical (unpaired) electrons. The molecule has 3 rings (SSSR count). The van der Waals surface area contributed by atoms with Gasteiger partial charge in [-0.1, -0.05) is 59.7 Å². The Morgan fingerprint density at radius 3 is 1.96 bits per heavy atom. The van der Waals surface area contributed by atoms with Crippen LogP contribution in [0.4, 0.5) is 0 Å². The van der Waals surface area contributed by atoms with Crippen molar-refractivity contribution in [1.82, 2.24) is 0 Å². The molecule has 4 heteroatoms. The number of benzene rings is 2. The monoisotopic (exact) mass is 366 g/mol. The number of hydrogen-bond acceptors (Lipinski definition) is 4. The third-order valence-corrected chi connectivity index (χ3v) is 4.49. The van der Waals surface area contributed by atoms with Gasteiger partial charge in [-0.15, -0.1) is 0 Å². The molecule has 1 fully saturated rings. The van der Waals surface area contributed by atoms with E-state index in [0.717, 1.165) is 12.0 Å². The Morgan fingerprint density at radius 1 is 0.889 bits per heavy atom. The van der Waals surface area contributed by atoms with Gasteiger partial charge in [0.05, 0.1) is 20.1 Å². The highest BCUT2D eigenvalue weighted by molar-refractivity contribution is 5.86. The first-order chi connectivity index (χ1) is 12.9. The summed E-state index contributed by atoms with van der Waals surface area (Å²) in [7, 11) is 2.81. The van der Waals surface area contributed by atoms with Crippen LogP contribution in [0.25, 0.3) is 6.08 Å². The van der Waals surface area contributed by atoms with Crippen LogP contribution in [-0.2, 0) is 19.1 Å². The number of esters is 2. The van der Waals surface area contributed by atoms with Gasteiger partial charge in [0, 0.05) is 6.08 Å². The minimum atomic E-state index is -0.333. The maximum Gasteiger partial charge on any atom is 0.330 e. The molecule has 1 aliphatic rings. The van der Waals surface area contributed by atoms with Crippen molar-refractivity contribution in [1.29, 1.82) is 0 Å². The van der Waals surface area contributed by atoms with E-state index in [4.69, 9.17) is 4.74 Å². The van der Waals surface area contributed by atoms with Gasteiger partial charge < -0.3 is 9.47 Å². The van der Waals surface area contributed by atoms with E-state index in [2.05, 4.69) is 35.9 Å². The quantitative estimate of drug-likeness (QED) is 0.592. The summed E-state index contributed by atoms with van der Waals surface area (Å²) in [6, 6.07) is 16.3. The lowest BCUT2D eigenvalue weighted by Crippen LogP contribution is -2.03. The Balaban J connectivity index is 0.000000194. The summed E-state index contributed by atoms with van der Waals surface area (Å²) in [5.74, 6) is 0.0851. The summed E-state index contributed by atoms with van der Waals surface area (Å²) in [6.07, 6.45) is 4.08. The van der Waals surface area contributed by atoms with Crippen molar-refractivity contribution in [3.63, 3.8) is 0 Å². The van der Waals surface area contributed by atoms with Gasteiger partial charge in [-0.25, -0.2) is 4.79 Å². The van der Waals surface area contributed by atoms with Crippen molar-refractivity contribution in [3.05, 3.63) is 76.9 Å². The molecule has 4 nitrogen and oxygen atoms in total. The predicted molar refractivity (Wildman–Crippen MR) is 106 cm³/mol. The molecule has 2 aromatic rings. The molecule has 0 N–H and O–H groups in total. The molecule has 0 heterocycles. The van der Waals surface area contributed by atoms with Crippen molar-refractivity contribution in [2.24, 2.45) is 5.92 Å². The van der Waals surface area contributed by atoms with Crippen LogP contribution < -0.4 is 0 Å². The lowest BCUT2D eigenvalue weighted by Gasteiger charge is -2.00. The first kappa shape index (κ1) is 20.4. The van der Waals surface area contributed by atoms with Gasteiger partial charge in [0.2, 0.25) is 0 Å². The van der Waals surface area contributed by atoms with Gasteiger partial charge in [-0.05, 0) is 43.4 Å². The second-order valence-electron chi connectivity index (χ2n) is 6.65. The standard InChI is InChI=1S/C12H14O2.C11H12O2/c1-8-3-5-9(6-4-8)10-7-11(10)12(13)14-2;1-9-3-5-10(6-4-9)7-8-11(12)13-2/h3-6,10-11H,7H2,1-2H3;3-8H,1-2H3/b;8-7+. The van der Waals surface area contributed by atoms with Gasteiger partial charge in [0.1, 0.15) is 0 Å². The molecule has 0 spiro atoms. The number of carbonyl (C=O) groups is 2. The van der Waals surface area contributed by atoms with E-state index < -0.39 is 0 Å². The molecule has 2 aromatic carbocycles. The van der Waals surface area contributed by atoms with E-state index in [0.29, 0.717) is 5.92 Å². The minimum absolute atomic E-state index is 0.0735. The Morgan fingerprint density at radius 2 is 1.44 bits per heavy atom. The van der Waals surface area contributed by atoms with Crippen LogP contribution in [0, 0.1) is 19.8 Å². The average molecular weight is 366 g/mol. The molecule has 1 aliphatic carbocycles. The van der Waals surface area contributed by atoms with Crippen molar-refractivity contribution >= 4 is 18.0 Å². The second kappa shape index (κ2) is 9.72. The van der Waals surface area contributed by atoms with Crippen LogP contribution in [0.3, 0.4) is 0 Å². The number of methoxy groups -OCH3 is 2. The van der Waals surface area contributed by atoms with E-state index in [9.17, 15) is 9.59 Å². The summed E-state index contributed by atoms with van der Waals surface area (Å²) in [4.78, 5) is 21.9. The number of ether oxygens (including phenoxy) is 2. The SMILES string of the molecule is COC(=O)/C=C/c1ccc(C)cc1.COC(=O)C1CC1c1ccc(C)cc1. The molecule has 0 aliphatic heterocycles. The number of rotatable bonds is 4. The number of carbonyl (C=O) groups excluding carboxylic acids is 2. The van der Waals surface area contributed by atoms with E-state index in [1.807, 2.05) is 31.2 Å². The highest BCUT2D eigenvalue weighted by atomic mass is 16.5.